The summed E-state index contributed by atoms with van der Waals surface area (Å²) in [6.45, 7) is 5.43. The molecule has 1 aliphatic rings. The summed E-state index contributed by atoms with van der Waals surface area (Å²) in [7, 11) is 2.20. The van der Waals surface area contributed by atoms with E-state index in [1.165, 1.54) is 16.8 Å². The Morgan fingerprint density at radius 3 is 2.70 bits per heavy atom. The molecule has 1 aromatic heterocycles. The van der Waals surface area contributed by atoms with Gasteiger partial charge in [-0.3, -0.25) is 9.88 Å². The molecular formula is C17H21N3. The Morgan fingerprint density at radius 2 is 2.00 bits per heavy atom. The number of aryl methyl sites for hydroxylation is 1. The van der Waals surface area contributed by atoms with E-state index in [1.54, 1.807) is 0 Å². The SMILES string of the molecule is Cc1ccccc1N(C)C1CN(Cc2cccnc2)C1. The van der Waals surface area contributed by atoms with Crippen molar-refractivity contribution in [2.75, 3.05) is 25.0 Å². The zero-order valence-corrected chi connectivity index (χ0v) is 12.2. The molecule has 104 valence electrons. The van der Waals surface area contributed by atoms with E-state index in [1.807, 2.05) is 18.5 Å². The molecule has 3 nitrogen and oxygen atoms in total. The van der Waals surface area contributed by atoms with E-state index in [0.29, 0.717) is 6.04 Å². The van der Waals surface area contributed by atoms with Crippen LogP contribution >= 0.6 is 0 Å². The number of pyridine rings is 1. The molecule has 1 fully saturated rings. The molecule has 0 N–H and O–H groups in total. The van der Waals surface area contributed by atoms with Gasteiger partial charge in [-0.2, -0.15) is 0 Å². The number of para-hydroxylation sites is 1. The van der Waals surface area contributed by atoms with Gasteiger partial charge in [0.15, 0.2) is 0 Å². The molecule has 0 bridgehead atoms. The molecule has 1 aliphatic heterocycles. The maximum absolute atomic E-state index is 4.17. The predicted molar refractivity (Wildman–Crippen MR) is 82.9 cm³/mol. The first-order chi connectivity index (χ1) is 9.74. The highest BCUT2D eigenvalue weighted by molar-refractivity contribution is 5.53. The minimum atomic E-state index is 0.618. The molecule has 1 aromatic carbocycles. The fourth-order valence-electron chi connectivity index (χ4n) is 2.82. The largest absolute Gasteiger partial charge is 0.369 e. The summed E-state index contributed by atoms with van der Waals surface area (Å²) in [5, 5.41) is 0. The number of hydrogen-bond acceptors (Lipinski definition) is 3. The maximum Gasteiger partial charge on any atom is 0.0541 e. The molecule has 2 aromatic rings. The standard InChI is InChI=1S/C17H21N3/c1-14-6-3-4-8-17(14)19(2)16-12-20(13-16)11-15-7-5-9-18-10-15/h3-10,16H,11-13H2,1-2H3. The van der Waals surface area contributed by atoms with Crippen LogP contribution in [-0.2, 0) is 6.54 Å². The van der Waals surface area contributed by atoms with Crippen molar-refractivity contribution in [1.82, 2.24) is 9.88 Å². The molecule has 0 atom stereocenters. The van der Waals surface area contributed by atoms with E-state index in [4.69, 9.17) is 0 Å². The van der Waals surface area contributed by atoms with Crippen LogP contribution in [0.5, 0.6) is 0 Å². The average Bonchev–Trinajstić information content (AvgIpc) is 2.43. The molecule has 3 heteroatoms. The number of anilines is 1. The summed E-state index contributed by atoms with van der Waals surface area (Å²) in [6, 6.07) is 13.4. The number of benzene rings is 1. The van der Waals surface area contributed by atoms with Gasteiger partial charge < -0.3 is 4.90 Å². The summed E-state index contributed by atoms with van der Waals surface area (Å²) < 4.78 is 0. The number of likely N-dealkylation sites (N-methyl/N-ethyl adjacent to an activating group) is 1. The third-order valence-corrected chi connectivity index (χ3v) is 4.11. The second-order valence-corrected chi connectivity index (χ2v) is 5.61. The Labute approximate surface area is 120 Å². The van der Waals surface area contributed by atoms with E-state index in [9.17, 15) is 0 Å². The summed E-state index contributed by atoms with van der Waals surface area (Å²) in [5.41, 5.74) is 3.99. The molecule has 1 saturated heterocycles. The van der Waals surface area contributed by atoms with E-state index in [-0.39, 0.29) is 0 Å². The van der Waals surface area contributed by atoms with Gasteiger partial charge in [0.05, 0.1) is 6.04 Å². The van der Waals surface area contributed by atoms with Crippen molar-refractivity contribution in [3.05, 3.63) is 59.9 Å². The quantitative estimate of drug-likeness (QED) is 0.849. The summed E-state index contributed by atoms with van der Waals surface area (Å²) in [4.78, 5) is 9.05. The van der Waals surface area contributed by atoms with Crippen LogP contribution < -0.4 is 4.90 Å². The lowest BCUT2D eigenvalue weighted by atomic mass is 10.0. The Kier molecular flexibility index (Phi) is 3.70. The van der Waals surface area contributed by atoms with Crippen molar-refractivity contribution >= 4 is 5.69 Å². The monoisotopic (exact) mass is 267 g/mol. The van der Waals surface area contributed by atoms with Crippen LogP contribution in [0.25, 0.3) is 0 Å². The topological polar surface area (TPSA) is 19.4 Å². The lowest BCUT2D eigenvalue weighted by Gasteiger charge is -2.45. The van der Waals surface area contributed by atoms with Gasteiger partial charge in [-0.1, -0.05) is 24.3 Å². The molecule has 0 unspecified atom stereocenters. The maximum atomic E-state index is 4.17. The number of nitrogens with zero attached hydrogens (tertiary/aromatic N) is 3. The summed E-state index contributed by atoms with van der Waals surface area (Å²) >= 11 is 0. The molecule has 2 heterocycles. The fourth-order valence-corrected chi connectivity index (χ4v) is 2.82. The molecule has 20 heavy (non-hydrogen) atoms. The second kappa shape index (κ2) is 5.63. The van der Waals surface area contributed by atoms with E-state index in [2.05, 4.69) is 59.1 Å². The highest BCUT2D eigenvalue weighted by atomic mass is 15.3. The minimum absolute atomic E-state index is 0.618. The Balaban J connectivity index is 1.57. The van der Waals surface area contributed by atoms with Crippen molar-refractivity contribution < 1.29 is 0 Å². The predicted octanol–water partition coefficient (Wildman–Crippen LogP) is 2.71. The fraction of sp³-hybridized carbons (Fsp3) is 0.353. The van der Waals surface area contributed by atoms with Crippen molar-refractivity contribution in [3.63, 3.8) is 0 Å². The molecular weight excluding hydrogens is 246 g/mol. The van der Waals surface area contributed by atoms with Gasteiger partial charge in [0.1, 0.15) is 0 Å². The first-order valence-electron chi connectivity index (χ1n) is 7.14. The molecule has 0 saturated carbocycles. The van der Waals surface area contributed by atoms with Crippen molar-refractivity contribution in [3.8, 4) is 0 Å². The third kappa shape index (κ3) is 2.68. The normalized spacial score (nSPS) is 15.9. The Hall–Kier alpha value is -1.87. The average molecular weight is 267 g/mol. The Bertz CT molecular complexity index is 561. The van der Waals surface area contributed by atoms with Crippen LogP contribution in [0.3, 0.4) is 0 Å². The van der Waals surface area contributed by atoms with Crippen LogP contribution in [0.2, 0.25) is 0 Å². The molecule has 0 spiro atoms. The van der Waals surface area contributed by atoms with Gasteiger partial charge in [-0.25, -0.2) is 0 Å². The molecule has 0 radical (unpaired) electrons. The number of aromatic nitrogens is 1. The summed E-state index contributed by atoms with van der Waals surface area (Å²) in [6.07, 6.45) is 3.78. The molecule has 0 aliphatic carbocycles. The number of likely N-dealkylation sites (tertiary alicyclic amines) is 1. The smallest absolute Gasteiger partial charge is 0.0541 e. The lowest BCUT2D eigenvalue weighted by molar-refractivity contribution is 0.138. The van der Waals surface area contributed by atoms with Gasteiger partial charge in [-0.15, -0.1) is 0 Å². The lowest BCUT2D eigenvalue weighted by Crippen LogP contribution is -2.58. The van der Waals surface area contributed by atoms with Crippen LogP contribution in [0.1, 0.15) is 11.1 Å². The first-order valence-corrected chi connectivity index (χ1v) is 7.14. The van der Waals surface area contributed by atoms with Gasteiger partial charge in [0.2, 0.25) is 0 Å². The second-order valence-electron chi connectivity index (χ2n) is 5.61. The van der Waals surface area contributed by atoms with Crippen LogP contribution in [-0.4, -0.2) is 36.1 Å². The zero-order valence-electron chi connectivity index (χ0n) is 12.2. The van der Waals surface area contributed by atoms with Gasteiger partial charge >= 0.3 is 0 Å². The van der Waals surface area contributed by atoms with E-state index < -0.39 is 0 Å². The van der Waals surface area contributed by atoms with Gasteiger partial charge in [0.25, 0.3) is 0 Å². The summed E-state index contributed by atoms with van der Waals surface area (Å²) in [5.74, 6) is 0. The highest BCUT2D eigenvalue weighted by Gasteiger charge is 2.30. The van der Waals surface area contributed by atoms with Gasteiger partial charge in [-0.05, 0) is 30.2 Å². The van der Waals surface area contributed by atoms with Crippen LogP contribution in [0.4, 0.5) is 5.69 Å². The zero-order chi connectivity index (χ0) is 13.9. The molecule has 0 amide bonds. The Morgan fingerprint density at radius 1 is 1.20 bits per heavy atom. The third-order valence-electron chi connectivity index (χ3n) is 4.11. The van der Waals surface area contributed by atoms with Crippen molar-refractivity contribution in [2.24, 2.45) is 0 Å². The minimum Gasteiger partial charge on any atom is -0.369 e. The van der Waals surface area contributed by atoms with Crippen LogP contribution in [0, 0.1) is 6.92 Å². The number of rotatable bonds is 4. The highest BCUT2D eigenvalue weighted by Crippen LogP contribution is 2.25. The first kappa shape index (κ1) is 13.1. The molecule has 3 rings (SSSR count). The van der Waals surface area contributed by atoms with Gasteiger partial charge in [0, 0.05) is 44.8 Å². The van der Waals surface area contributed by atoms with Crippen molar-refractivity contribution in [1.29, 1.82) is 0 Å². The van der Waals surface area contributed by atoms with E-state index in [0.717, 1.165) is 19.6 Å². The van der Waals surface area contributed by atoms with Crippen molar-refractivity contribution in [2.45, 2.75) is 19.5 Å². The van der Waals surface area contributed by atoms with Crippen LogP contribution in [0.15, 0.2) is 48.8 Å². The number of hydrogen-bond donors (Lipinski definition) is 0. The van der Waals surface area contributed by atoms with E-state index >= 15 is 0 Å².